The van der Waals surface area contributed by atoms with Crippen LogP contribution in [0.4, 0.5) is 5.69 Å². The molecule has 7 heteroatoms. The third-order valence-corrected chi connectivity index (χ3v) is 5.90. The maximum absolute atomic E-state index is 13.1. The van der Waals surface area contributed by atoms with Crippen LogP contribution < -0.4 is 10.7 Å². The Labute approximate surface area is 187 Å². The van der Waals surface area contributed by atoms with Gasteiger partial charge in [-0.3, -0.25) is 14.4 Å². The van der Waals surface area contributed by atoms with Crippen LogP contribution in [0.2, 0.25) is 0 Å². The van der Waals surface area contributed by atoms with Gasteiger partial charge in [-0.25, -0.2) is 4.98 Å². The first-order chi connectivity index (χ1) is 15.3. The first-order valence-corrected chi connectivity index (χ1v) is 11.0. The molecular weight excluding hydrogens is 404 g/mol. The molecule has 2 amide bonds. The second-order valence-electron chi connectivity index (χ2n) is 8.54. The highest BCUT2D eigenvalue weighted by Crippen LogP contribution is 2.18. The Kier molecular flexibility index (Phi) is 6.08. The molecule has 0 saturated carbocycles. The molecule has 1 aliphatic rings. The average Bonchev–Trinajstić information content (AvgIpc) is 2.77. The molecule has 32 heavy (non-hydrogen) atoms. The maximum atomic E-state index is 13.1. The Bertz CT molecular complexity index is 1260. The monoisotopic (exact) mass is 432 g/mol. The van der Waals surface area contributed by atoms with Crippen molar-refractivity contribution in [2.75, 3.05) is 18.4 Å². The van der Waals surface area contributed by atoms with Gasteiger partial charge in [-0.1, -0.05) is 17.7 Å². The lowest BCUT2D eigenvalue weighted by Gasteiger charge is -2.26. The molecule has 0 spiro atoms. The number of piperidine rings is 1. The Hall–Kier alpha value is -3.48. The van der Waals surface area contributed by atoms with Crippen molar-refractivity contribution in [1.29, 1.82) is 0 Å². The molecule has 0 radical (unpaired) electrons. The molecule has 7 nitrogen and oxygen atoms in total. The number of hydrogen-bond acceptors (Lipinski definition) is 4. The van der Waals surface area contributed by atoms with Crippen LogP contribution in [0, 0.1) is 20.8 Å². The molecule has 0 bridgehead atoms. The molecule has 0 atom stereocenters. The number of carbonyl (C=O) groups is 2. The van der Waals surface area contributed by atoms with Gasteiger partial charge in [0.2, 0.25) is 11.3 Å². The van der Waals surface area contributed by atoms with Crippen molar-refractivity contribution in [2.24, 2.45) is 0 Å². The first-order valence-electron chi connectivity index (χ1n) is 11.0. The van der Waals surface area contributed by atoms with Crippen molar-refractivity contribution in [3.05, 3.63) is 69.1 Å². The summed E-state index contributed by atoms with van der Waals surface area (Å²) in [6, 6.07) is 9.26. The van der Waals surface area contributed by atoms with Gasteiger partial charge in [0.15, 0.2) is 0 Å². The van der Waals surface area contributed by atoms with Gasteiger partial charge in [0, 0.05) is 30.7 Å². The number of fused-ring (bicyclic) bond motifs is 1. The minimum absolute atomic E-state index is 0.0547. The van der Waals surface area contributed by atoms with Crippen LogP contribution in [0.25, 0.3) is 11.0 Å². The summed E-state index contributed by atoms with van der Waals surface area (Å²) in [6.07, 6.45) is 4.46. The zero-order valence-corrected chi connectivity index (χ0v) is 18.8. The van der Waals surface area contributed by atoms with Crippen LogP contribution in [-0.4, -0.2) is 39.4 Å². The van der Waals surface area contributed by atoms with E-state index in [2.05, 4.69) is 10.3 Å². The number of pyridine rings is 2. The van der Waals surface area contributed by atoms with Crippen molar-refractivity contribution in [1.82, 2.24) is 14.5 Å². The summed E-state index contributed by atoms with van der Waals surface area (Å²) in [6.45, 7) is 7.01. The van der Waals surface area contributed by atoms with E-state index in [4.69, 9.17) is 0 Å². The van der Waals surface area contributed by atoms with Crippen LogP contribution in [0.3, 0.4) is 0 Å². The molecule has 166 valence electrons. The Morgan fingerprint density at radius 3 is 2.50 bits per heavy atom. The van der Waals surface area contributed by atoms with E-state index in [1.165, 1.54) is 6.20 Å². The van der Waals surface area contributed by atoms with Crippen molar-refractivity contribution in [3.63, 3.8) is 0 Å². The van der Waals surface area contributed by atoms with Gasteiger partial charge >= 0.3 is 0 Å². The molecule has 3 heterocycles. The third-order valence-electron chi connectivity index (χ3n) is 5.90. The van der Waals surface area contributed by atoms with Crippen LogP contribution >= 0.6 is 0 Å². The number of carbonyl (C=O) groups excluding carboxylic acids is 2. The lowest BCUT2D eigenvalue weighted by Crippen LogP contribution is -2.38. The molecule has 0 unspecified atom stereocenters. The largest absolute Gasteiger partial charge is 0.338 e. The van der Waals surface area contributed by atoms with Gasteiger partial charge in [-0.05, 0) is 63.8 Å². The fraction of sp³-hybridized carbons (Fsp3) is 0.360. The lowest BCUT2D eigenvalue weighted by molar-refractivity contribution is -0.116. The molecule has 1 fully saturated rings. The van der Waals surface area contributed by atoms with E-state index in [1.54, 1.807) is 21.6 Å². The molecule has 1 aromatic carbocycles. The number of hydrogen-bond donors (Lipinski definition) is 1. The van der Waals surface area contributed by atoms with E-state index in [-0.39, 0.29) is 29.4 Å². The first kappa shape index (κ1) is 21.7. The average molecular weight is 433 g/mol. The quantitative estimate of drug-likeness (QED) is 0.683. The van der Waals surface area contributed by atoms with Crippen LogP contribution in [0.1, 0.15) is 46.4 Å². The highest BCUT2D eigenvalue weighted by molar-refractivity contribution is 5.98. The van der Waals surface area contributed by atoms with Gasteiger partial charge < -0.3 is 14.8 Å². The number of aromatic nitrogens is 2. The van der Waals surface area contributed by atoms with Crippen molar-refractivity contribution < 1.29 is 9.59 Å². The fourth-order valence-electron chi connectivity index (χ4n) is 4.20. The molecule has 1 saturated heterocycles. The second kappa shape index (κ2) is 8.94. The molecule has 1 aliphatic heterocycles. The molecule has 4 rings (SSSR count). The zero-order chi connectivity index (χ0) is 22.8. The molecular formula is C25H28N4O3. The van der Waals surface area contributed by atoms with E-state index in [1.807, 2.05) is 39.0 Å². The Morgan fingerprint density at radius 2 is 1.78 bits per heavy atom. The van der Waals surface area contributed by atoms with Crippen molar-refractivity contribution in [3.8, 4) is 0 Å². The maximum Gasteiger partial charge on any atom is 0.259 e. The number of rotatable bonds is 4. The summed E-state index contributed by atoms with van der Waals surface area (Å²) in [5.41, 5.74) is 3.71. The number of nitrogens with one attached hydrogen (secondary N) is 1. The van der Waals surface area contributed by atoms with E-state index in [0.717, 1.165) is 41.8 Å². The van der Waals surface area contributed by atoms with Gasteiger partial charge in [0.05, 0.1) is 5.39 Å². The van der Waals surface area contributed by atoms with Crippen molar-refractivity contribution >= 4 is 28.5 Å². The number of anilines is 1. The molecule has 0 aliphatic carbocycles. The predicted molar refractivity (Wildman–Crippen MR) is 125 cm³/mol. The molecule has 3 aromatic rings. The number of benzene rings is 1. The fourth-order valence-corrected chi connectivity index (χ4v) is 4.20. The smallest absolute Gasteiger partial charge is 0.259 e. The van der Waals surface area contributed by atoms with E-state index >= 15 is 0 Å². The van der Waals surface area contributed by atoms with Gasteiger partial charge in [0.25, 0.3) is 5.91 Å². The number of aryl methyl sites for hydroxylation is 3. The summed E-state index contributed by atoms with van der Waals surface area (Å²) < 4.78 is 1.61. The summed E-state index contributed by atoms with van der Waals surface area (Å²) >= 11 is 0. The highest BCUT2D eigenvalue weighted by atomic mass is 16.2. The summed E-state index contributed by atoms with van der Waals surface area (Å²) in [5, 5.41) is 3.28. The minimum atomic E-state index is -0.339. The van der Waals surface area contributed by atoms with E-state index < -0.39 is 0 Å². The van der Waals surface area contributed by atoms with Crippen LogP contribution in [0.15, 0.2) is 41.3 Å². The normalized spacial score (nSPS) is 13.9. The summed E-state index contributed by atoms with van der Waals surface area (Å²) in [7, 11) is 0. The standard InChI is InChI=1S/C25H28N4O3/c1-16-7-10-21(17(2)13-16)27-22(30)15-29-14-20(25(32)28-11-5-4-6-12-28)23(31)19-9-8-18(3)26-24(19)29/h7-10,13-14H,4-6,11-12,15H2,1-3H3,(H,27,30). The van der Waals surface area contributed by atoms with E-state index in [0.29, 0.717) is 24.1 Å². The molecule has 1 N–H and O–H groups in total. The van der Waals surface area contributed by atoms with Gasteiger partial charge in [-0.15, -0.1) is 0 Å². The van der Waals surface area contributed by atoms with Gasteiger partial charge in [-0.2, -0.15) is 0 Å². The second-order valence-corrected chi connectivity index (χ2v) is 8.54. The van der Waals surface area contributed by atoms with E-state index in [9.17, 15) is 14.4 Å². The number of amides is 2. The zero-order valence-electron chi connectivity index (χ0n) is 18.8. The predicted octanol–water partition coefficient (Wildman–Crippen LogP) is 3.59. The summed E-state index contributed by atoms with van der Waals surface area (Å²) in [4.78, 5) is 45.4. The van der Waals surface area contributed by atoms with Gasteiger partial charge in [0.1, 0.15) is 17.8 Å². The Morgan fingerprint density at radius 1 is 1.03 bits per heavy atom. The SMILES string of the molecule is Cc1ccc(NC(=O)Cn2cc(C(=O)N3CCCCC3)c(=O)c3ccc(C)nc32)c(C)c1. The number of nitrogens with zero attached hydrogens (tertiary/aromatic N) is 3. The van der Waals surface area contributed by atoms with Crippen LogP contribution in [-0.2, 0) is 11.3 Å². The minimum Gasteiger partial charge on any atom is -0.338 e. The third kappa shape index (κ3) is 4.42. The molecule has 2 aromatic heterocycles. The summed E-state index contributed by atoms with van der Waals surface area (Å²) in [5.74, 6) is -0.526. The Balaban J connectivity index is 1.71. The number of likely N-dealkylation sites (tertiary alicyclic amines) is 1. The highest BCUT2D eigenvalue weighted by Gasteiger charge is 2.23. The lowest BCUT2D eigenvalue weighted by atomic mass is 10.1. The topological polar surface area (TPSA) is 84.3 Å². The van der Waals surface area contributed by atoms with Crippen molar-refractivity contribution in [2.45, 2.75) is 46.6 Å². The van der Waals surface area contributed by atoms with Crippen LogP contribution in [0.5, 0.6) is 0 Å².